The summed E-state index contributed by atoms with van der Waals surface area (Å²) in [6.07, 6.45) is 2.14. The van der Waals surface area contributed by atoms with Crippen LogP contribution in [0.15, 0.2) is 11.6 Å². The number of amides is 1. The Labute approximate surface area is 130 Å². The summed E-state index contributed by atoms with van der Waals surface area (Å²) in [5.41, 5.74) is 6.26. The first kappa shape index (κ1) is 18.4. The number of carbonyl (C=O) groups is 2. The molecule has 0 aromatic heterocycles. The van der Waals surface area contributed by atoms with Gasteiger partial charge in [-0.25, -0.2) is 9.59 Å². The lowest BCUT2D eigenvalue weighted by Crippen LogP contribution is -2.57. The van der Waals surface area contributed by atoms with Crippen molar-refractivity contribution in [2.24, 2.45) is 5.73 Å². The van der Waals surface area contributed by atoms with Gasteiger partial charge in [-0.05, 0) is 32.3 Å². The average Bonchev–Trinajstić information content (AvgIpc) is 2.47. The van der Waals surface area contributed by atoms with Gasteiger partial charge in [0.2, 0.25) is 0 Å². The van der Waals surface area contributed by atoms with Gasteiger partial charge in [0, 0.05) is 11.6 Å². The van der Waals surface area contributed by atoms with E-state index in [9.17, 15) is 14.7 Å². The maximum atomic E-state index is 11.7. The summed E-state index contributed by atoms with van der Waals surface area (Å²) in [7, 11) is 0. The highest BCUT2D eigenvalue weighted by molar-refractivity contribution is 5.87. The van der Waals surface area contributed by atoms with Crippen molar-refractivity contribution < 1.29 is 24.2 Å². The third kappa shape index (κ3) is 4.99. The zero-order chi connectivity index (χ0) is 16.7. The highest BCUT2D eigenvalue weighted by Gasteiger charge is 2.36. The Morgan fingerprint density at radius 3 is 2.55 bits per heavy atom. The third-order valence-corrected chi connectivity index (χ3v) is 3.73. The number of rotatable bonds is 7. The Bertz CT molecular complexity index is 420. The highest BCUT2D eigenvalue weighted by atomic mass is 16.5. The number of nitrogens with one attached hydrogen (secondary N) is 1. The number of hydrogen-bond donors (Lipinski definition) is 3. The molecule has 0 aromatic rings. The molecule has 0 saturated heterocycles. The van der Waals surface area contributed by atoms with Crippen LogP contribution in [0.1, 0.15) is 40.0 Å². The zero-order valence-electron chi connectivity index (χ0n) is 13.4. The van der Waals surface area contributed by atoms with Crippen molar-refractivity contribution in [1.82, 2.24) is 5.32 Å². The topological polar surface area (TPSA) is 111 Å². The lowest BCUT2D eigenvalue weighted by atomic mass is 9.88. The second-order valence-corrected chi connectivity index (χ2v) is 5.29. The number of alkyl carbamates (subject to hydrolysis) is 1. The minimum atomic E-state index is -1.01. The Hall–Kier alpha value is -1.60. The molecular weight excluding hydrogens is 288 g/mol. The molecular formula is C15H26N2O5. The molecule has 3 unspecified atom stereocenters. The minimum Gasteiger partial charge on any atom is -0.478 e. The Balaban J connectivity index is 2.93. The first-order valence-corrected chi connectivity index (χ1v) is 7.71. The van der Waals surface area contributed by atoms with E-state index in [1.165, 1.54) is 0 Å². The molecule has 1 aliphatic carbocycles. The van der Waals surface area contributed by atoms with Crippen LogP contribution in [0.25, 0.3) is 0 Å². The van der Waals surface area contributed by atoms with Crippen LogP contribution in [0.2, 0.25) is 0 Å². The molecule has 22 heavy (non-hydrogen) atoms. The van der Waals surface area contributed by atoms with Crippen LogP contribution in [0.3, 0.4) is 0 Å². The molecule has 0 aliphatic heterocycles. The molecule has 126 valence electrons. The van der Waals surface area contributed by atoms with Gasteiger partial charge in [-0.3, -0.25) is 0 Å². The van der Waals surface area contributed by atoms with Crippen molar-refractivity contribution in [3.05, 3.63) is 11.6 Å². The quantitative estimate of drug-likeness (QED) is 0.655. The van der Waals surface area contributed by atoms with E-state index >= 15 is 0 Å². The number of ether oxygens (including phenoxy) is 2. The van der Waals surface area contributed by atoms with E-state index in [0.717, 1.165) is 12.8 Å². The molecule has 1 aliphatic rings. The minimum absolute atomic E-state index is 0.0203. The summed E-state index contributed by atoms with van der Waals surface area (Å²) in [6, 6.07) is -1.05. The lowest BCUT2D eigenvalue weighted by molar-refractivity contribution is -0.133. The monoisotopic (exact) mass is 314 g/mol. The van der Waals surface area contributed by atoms with Crippen molar-refractivity contribution in [2.75, 3.05) is 6.61 Å². The number of nitrogens with two attached hydrogens (primary N) is 1. The zero-order valence-corrected chi connectivity index (χ0v) is 13.4. The van der Waals surface area contributed by atoms with Crippen LogP contribution < -0.4 is 11.1 Å². The summed E-state index contributed by atoms with van der Waals surface area (Å²) in [4.78, 5) is 22.9. The molecule has 0 bridgehead atoms. The molecule has 0 fully saturated rings. The van der Waals surface area contributed by atoms with Crippen LogP contribution in [0, 0.1) is 0 Å². The maximum Gasteiger partial charge on any atom is 0.407 e. The molecule has 0 aromatic carbocycles. The van der Waals surface area contributed by atoms with Gasteiger partial charge < -0.3 is 25.6 Å². The van der Waals surface area contributed by atoms with E-state index in [1.807, 2.05) is 13.8 Å². The molecule has 7 nitrogen and oxygen atoms in total. The van der Waals surface area contributed by atoms with E-state index in [2.05, 4.69) is 5.32 Å². The van der Waals surface area contributed by atoms with Crippen molar-refractivity contribution in [1.29, 1.82) is 0 Å². The molecule has 0 saturated carbocycles. The van der Waals surface area contributed by atoms with E-state index < -0.39 is 30.3 Å². The van der Waals surface area contributed by atoms with Crippen molar-refractivity contribution >= 4 is 12.1 Å². The molecule has 0 heterocycles. The number of hydrogen-bond acceptors (Lipinski definition) is 5. The predicted octanol–water partition coefficient (Wildman–Crippen LogP) is 1.42. The Morgan fingerprint density at radius 1 is 1.41 bits per heavy atom. The fourth-order valence-corrected chi connectivity index (χ4v) is 2.48. The number of carboxylic acid groups (broad SMARTS) is 1. The van der Waals surface area contributed by atoms with Gasteiger partial charge in [0.05, 0.1) is 24.9 Å². The Morgan fingerprint density at radius 2 is 2.05 bits per heavy atom. The molecule has 0 radical (unpaired) electrons. The molecule has 7 heteroatoms. The van der Waals surface area contributed by atoms with Gasteiger partial charge in [-0.1, -0.05) is 13.8 Å². The smallest absolute Gasteiger partial charge is 0.407 e. The van der Waals surface area contributed by atoms with E-state index in [1.54, 1.807) is 13.0 Å². The van der Waals surface area contributed by atoms with Gasteiger partial charge >= 0.3 is 12.1 Å². The Kier molecular flexibility index (Phi) is 7.34. The molecule has 4 N–H and O–H groups in total. The second-order valence-electron chi connectivity index (χ2n) is 5.29. The number of carbonyl (C=O) groups excluding carboxylic acids is 1. The summed E-state index contributed by atoms with van der Waals surface area (Å²) in [5, 5.41) is 11.9. The van der Waals surface area contributed by atoms with Crippen molar-refractivity contribution in [3.8, 4) is 0 Å². The van der Waals surface area contributed by atoms with Gasteiger partial charge in [0.15, 0.2) is 0 Å². The summed E-state index contributed by atoms with van der Waals surface area (Å²) < 4.78 is 10.8. The van der Waals surface area contributed by atoms with Crippen LogP contribution in [-0.4, -0.2) is 48.1 Å². The standard InChI is InChI=1S/C15H26N2O5/c1-4-10(5-2)22-12-8-9(14(18)19)7-11(16)13(12)17-15(20)21-6-3/h8,10-13H,4-7,16H2,1-3H3,(H,17,20)(H,18,19). The van der Waals surface area contributed by atoms with E-state index in [-0.39, 0.29) is 24.7 Å². The van der Waals surface area contributed by atoms with Crippen molar-refractivity contribution in [3.63, 3.8) is 0 Å². The van der Waals surface area contributed by atoms with Crippen LogP contribution in [0.4, 0.5) is 4.79 Å². The normalized spacial score (nSPS) is 24.8. The summed E-state index contributed by atoms with van der Waals surface area (Å²) >= 11 is 0. The fourth-order valence-electron chi connectivity index (χ4n) is 2.48. The SMILES string of the molecule is CCOC(=O)NC1C(N)CC(C(=O)O)=CC1OC(CC)CC. The highest BCUT2D eigenvalue weighted by Crippen LogP contribution is 2.23. The predicted molar refractivity (Wildman–Crippen MR) is 81.5 cm³/mol. The molecule has 1 amide bonds. The largest absolute Gasteiger partial charge is 0.478 e. The van der Waals surface area contributed by atoms with Crippen LogP contribution in [0.5, 0.6) is 0 Å². The first-order chi connectivity index (χ1) is 10.4. The van der Waals surface area contributed by atoms with E-state index in [4.69, 9.17) is 15.2 Å². The first-order valence-electron chi connectivity index (χ1n) is 7.71. The maximum absolute atomic E-state index is 11.7. The average molecular weight is 314 g/mol. The molecule has 3 atom stereocenters. The van der Waals surface area contributed by atoms with Crippen LogP contribution in [-0.2, 0) is 14.3 Å². The molecule has 0 spiro atoms. The van der Waals surface area contributed by atoms with E-state index in [0.29, 0.717) is 0 Å². The van der Waals surface area contributed by atoms with Gasteiger partial charge in [-0.2, -0.15) is 0 Å². The third-order valence-electron chi connectivity index (χ3n) is 3.73. The van der Waals surface area contributed by atoms with Crippen LogP contribution >= 0.6 is 0 Å². The number of aliphatic carboxylic acids is 1. The summed E-state index contributed by atoms with van der Waals surface area (Å²) in [6.45, 7) is 5.95. The lowest BCUT2D eigenvalue weighted by Gasteiger charge is -2.36. The number of carboxylic acids is 1. The summed E-state index contributed by atoms with van der Waals surface area (Å²) in [5.74, 6) is -1.01. The van der Waals surface area contributed by atoms with Crippen molar-refractivity contribution in [2.45, 2.75) is 64.3 Å². The second kappa shape index (κ2) is 8.75. The van der Waals surface area contributed by atoms with Gasteiger partial charge in [0.25, 0.3) is 0 Å². The van der Waals surface area contributed by atoms with Gasteiger partial charge in [-0.15, -0.1) is 0 Å². The van der Waals surface area contributed by atoms with Gasteiger partial charge in [0.1, 0.15) is 0 Å². The molecule has 1 rings (SSSR count). The fraction of sp³-hybridized carbons (Fsp3) is 0.733.